The molecule has 2 aliphatic heterocycles. The van der Waals surface area contributed by atoms with Crippen molar-refractivity contribution in [1.82, 2.24) is 9.80 Å². The van der Waals surface area contributed by atoms with Gasteiger partial charge in [0.2, 0.25) is 0 Å². The summed E-state index contributed by atoms with van der Waals surface area (Å²) >= 11 is 0. The quantitative estimate of drug-likeness (QED) is 0.353. The molecule has 0 radical (unpaired) electrons. The average molecular weight is 479 g/mol. The number of carbonyl (C=O) groups excluding carboxylic acids is 2. The minimum absolute atomic E-state index is 0.131. The van der Waals surface area contributed by atoms with Gasteiger partial charge in [0.05, 0.1) is 31.4 Å². The number of morpholine rings is 1. The number of carbonyl (C=O) groups is 2. The summed E-state index contributed by atoms with van der Waals surface area (Å²) in [4.78, 5) is 30.3. The Bertz CT molecular complexity index is 1100. The van der Waals surface area contributed by atoms with Gasteiger partial charge in [-0.2, -0.15) is 0 Å². The number of ether oxygens (including phenoxy) is 2. The molecule has 1 amide bonds. The monoisotopic (exact) mass is 478 g/mol. The number of aliphatic hydroxyl groups excluding tert-OH is 1. The molecule has 35 heavy (non-hydrogen) atoms. The van der Waals surface area contributed by atoms with Crippen molar-refractivity contribution in [3.8, 4) is 5.75 Å². The minimum atomic E-state index is -0.652. The molecule has 2 aromatic rings. The Kier molecular flexibility index (Phi) is 7.88. The number of ketones is 1. The maximum Gasteiger partial charge on any atom is 0.295 e. The molecule has 7 nitrogen and oxygen atoms in total. The molecule has 1 unspecified atom stereocenters. The van der Waals surface area contributed by atoms with Crippen LogP contribution in [-0.2, 0) is 14.3 Å². The van der Waals surface area contributed by atoms with E-state index in [2.05, 4.69) is 4.90 Å². The molecule has 0 aliphatic carbocycles. The highest BCUT2D eigenvalue weighted by Gasteiger charge is 2.46. The fourth-order valence-electron chi connectivity index (χ4n) is 4.64. The Morgan fingerprint density at radius 2 is 1.77 bits per heavy atom. The third-order valence-corrected chi connectivity index (χ3v) is 6.62. The summed E-state index contributed by atoms with van der Waals surface area (Å²) in [6.45, 7) is 10.4. The fraction of sp³-hybridized carbons (Fsp3) is 0.429. The molecular weight excluding hydrogens is 444 g/mol. The van der Waals surface area contributed by atoms with Gasteiger partial charge in [-0.15, -0.1) is 0 Å². The van der Waals surface area contributed by atoms with Crippen molar-refractivity contribution in [2.45, 2.75) is 33.2 Å². The fourth-order valence-corrected chi connectivity index (χ4v) is 4.64. The van der Waals surface area contributed by atoms with Crippen LogP contribution in [0.5, 0.6) is 5.75 Å². The van der Waals surface area contributed by atoms with Crippen molar-refractivity contribution >= 4 is 17.4 Å². The van der Waals surface area contributed by atoms with Crippen molar-refractivity contribution in [2.24, 2.45) is 0 Å². The summed E-state index contributed by atoms with van der Waals surface area (Å²) in [5.74, 6) is -0.670. The van der Waals surface area contributed by atoms with Gasteiger partial charge in [0.15, 0.2) is 0 Å². The van der Waals surface area contributed by atoms with Crippen LogP contribution in [0, 0.1) is 13.8 Å². The zero-order chi connectivity index (χ0) is 24.9. The van der Waals surface area contributed by atoms with E-state index in [-0.39, 0.29) is 11.3 Å². The summed E-state index contributed by atoms with van der Waals surface area (Å²) in [7, 11) is 0. The van der Waals surface area contributed by atoms with E-state index in [1.54, 1.807) is 17.0 Å². The van der Waals surface area contributed by atoms with Gasteiger partial charge in [-0.1, -0.05) is 36.8 Å². The van der Waals surface area contributed by atoms with Crippen molar-refractivity contribution < 1.29 is 24.2 Å². The summed E-state index contributed by atoms with van der Waals surface area (Å²) in [5, 5.41) is 11.4. The van der Waals surface area contributed by atoms with E-state index in [9.17, 15) is 14.7 Å². The lowest BCUT2D eigenvalue weighted by Gasteiger charge is -2.31. The lowest BCUT2D eigenvalue weighted by Crippen LogP contribution is -2.42. The molecule has 1 atom stereocenters. The number of hydrogen-bond acceptors (Lipinski definition) is 6. The largest absolute Gasteiger partial charge is 0.507 e. The second kappa shape index (κ2) is 11.1. The molecule has 2 aliphatic rings. The Morgan fingerprint density at radius 1 is 1.06 bits per heavy atom. The molecule has 2 saturated heterocycles. The molecule has 2 aromatic carbocycles. The standard InChI is InChI=1S/C28H34N2O5/c1-4-15-35-22-9-10-23(20(3)18-22)26(31)24-25(21-7-5-19(2)6-8-21)30(28(33)27(24)32)12-11-29-13-16-34-17-14-29/h5-10,18,25,31H,4,11-17H2,1-3H3. The summed E-state index contributed by atoms with van der Waals surface area (Å²) in [6, 6.07) is 12.5. The number of rotatable bonds is 8. The molecule has 0 aromatic heterocycles. The van der Waals surface area contributed by atoms with E-state index in [1.165, 1.54) is 0 Å². The Hall–Kier alpha value is -3.16. The number of amides is 1. The second-order valence-corrected chi connectivity index (χ2v) is 9.18. The number of Topliss-reactive ketones (excluding diaryl/α,β-unsaturated/α-hetero) is 1. The Morgan fingerprint density at radius 3 is 2.43 bits per heavy atom. The summed E-state index contributed by atoms with van der Waals surface area (Å²) < 4.78 is 11.1. The zero-order valence-electron chi connectivity index (χ0n) is 20.8. The van der Waals surface area contributed by atoms with Crippen LogP contribution in [-0.4, -0.2) is 72.6 Å². The van der Waals surface area contributed by atoms with Gasteiger partial charge in [-0.05, 0) is 49.6 Å². The molecular formula is C28H34N2O5. The van der Waals surface area contributed by atoms with Crippen LogP contribution in [0.3, 0.4) is 0 Å². The maximum atomic E-state index is 13.3. The maximum absolute atomic E-state index is 13.3. The van der Waals surface area contributed by atoms with Gasteiger partial charge in [-0.25, -0.2) is 0 Å². The van der Waals surface area contributed by atoms with Crippen LogP contribution < -0.4 is 4.74 Å². The van der Waals surface area contributed by atoms with Crippen LogP contribution in [0.15, 0.2) is 48.0 Å². The number of aryl methyl sites for hydroxylation is 2. The average Bonchev–Trinajstić information content (AvgIpc) is 3.12. The second-order valence-electron chi connectivity index (χ2n) is 9.18. The number of benzene rings is 2. The molecule has 2 heterocycles. The van der Waals surface area contributed by atoms with Crippen molar-refractivity contribution in [2.75, 3.05) is 46.0 Å². The number of hydrogen-bond donors (Lipinski definition) is 1. The molecule has 0 saturated carbocycles. The van der Waals surface area contributed by atoms with Crippen LogP contribution in [0.1, 0.15) is 41.6 Å². The highest BCUT2D eigenvalue weighted by molar-refractivity contribution is 6.46. The van der Waals surface area contributed by atoms with Crippen LogP contribution in [0.25, 0.3) is 5.76 Å². The van der Waals surface area contributed by atoms with Gasteiger partial charge < -0.3 is 19.5 Å². The van der Waals surface area contributed by atoms with Gasteiger partial charge in [0.25, 0.3) is 11.7 Å². The third-order valence-electron chi connectivity index (χ3n) is 6.62. The Labute approximate surface area is 206 Å². The number of nitrogens with zero attached hydrogens (tertiary/aromatic N) is 2. The lowest BCUT2D eigenvalue weighted by molar-refractivity contribution is -0.140. The minimum Gasteiger partial charge on any atom is -0.507 e. The van der Waals surface area contributed by atoms with E-state index < -0.39 is 17.7 Å². The van der Waals surface area contributed by atoms with E-state index in [0.29, 0.717) is 44.2 Å². The van der Waals surface area contributed by atoms with Gasteiger partial charge in [0, 0.05) is 31.7 Å². The number of aliphatic hydroxyl groups is 1. The summed E-state index contributed by atoms with van der Waals surface area (Å²) in [5.41, 5.74) is 3.32. The third kappa shape index (κ3) is 5.41. The van der Waals surface area contributed by atoms with Gasteiger partial charge >= 0.3 is 0 Å². The molecule has 1 N–H and O–H groups in total. The van der Waals surface area contributed by atoms with Crippen molar-refractivity contribution in [3.05, 3.63) is 70.3 Å². The van der Waals surface area contributed by atoms with E-state index in [0.717, 1.165) is 36.2 Å². The lowest BCUT2D eigenvalue weighted by atomic mass is 9.93. The predicted octanol–water partition coefficient (Wildman–Crippen LogP) is 3.85. The van der Waals surface area contributed by atoms with Crippen LogP contribution >= 0.6 is 0 Å². The van der Waals surface area contributed by atoms with Gasteiger partial charge in [-0.3, -0.25) is 14.5 Å². The number of likely N-dealkylation sites (tertiary alicyclic amines) is 1. The zero-order valence-corrected chi connectivity index (χ0v) is 20.8. The first-order chi connectivity index (χ1) is 16.9. The van der Waals surface area contributed by atoms with Crippen molar-refractivity contribution in [3.63, 3.8) is 0 Å². The molecule has 186 valence electrons. The Balaban J connectivity index is 1.71. The van der Waals surface area contributed by atoms with Gasteiger partial charge in [0.1, 0.15) is 11.5 Å². The topological polar surface area (TPSA) is 79.3 Å². The highest BCUT2D eigenvalue weighted by atomic mass is 16.5. The van der Waals surface area contributed by atoms with Crippen LogP contribution in [0.4, 0.5) is 0 Å². The highest BCUT2D eigenvalue weighted by Crippen LogP contribution is 2.40. The molecule has 0 bridgehead atoms. The molecule has 4 rings (SSSR count). The SMILES string of the molecule is CCCOc1ccc(C(O)=C2C(=O)C(=O)N(CCN3CCOCC3)C2c2ccc(C)cc2)c(C)c1. The first-order valence-corrected chi connectivity index (χ1v) is 12.3. The first kappa shape index (κ1) is 24.9. The van der Waals surface area contributed by atoms with Crippen molar-refractivity contribution in [1.29, 1.82) is 0 Å². The smallest absolute Gasteiger partial charge is 0.295 e. The predicted molar refractivity (Wildman–Crippen MR) is 134 cm³/mol. The van der Waals surface area contributed by atoms with Crippen LogP contribution in [0.2, 0.25) is 0 Å². The molecule has 7 heteroatoms. The van der Waals surface area contributed by atoms with E-state index in [4.69, 9.17) is 9.47 Å². The molecule has 0 spiro atoms. The molecule has 2 fully saturated rings. The van der Waals surface area contributed by atoms with E-state index in [1.807, 2.05) is 51.1 Å². The summed E-state index contributed by atoms with van der Waals surface area (Å²) in [6.07, 6.45) is 0.894. The van der Waals surface area contributed by atoms with E-state index >= 15 is 0 Å². The normalized spacial score (nSPS) is 20.4. The first-order valence-electron chi connectivity index (χ1n) is 12.3.